The Morgan fingerprint density at radius 1 is 0.905 bits per heavy atom. The third kappa shape index (κ3) is 1.98. The van der Waals surface area contributed by atoms with E-state index in [-0.39, 0.29) is 0 Å². The number of rotatable bonds is 1. The molecule has 0 heterocycles. The van der Waals surface area contributed by atoms with E-state index in [4.69, 9.17) is 5.26 Å². The van der Waals surface area contributed by atoms with Crippen molar-refractivity contribution in [2.75, 3.05) is 0 Å². The summed E-state index contributed by atoms with van der Waals surface area (Å²) in [7, 11) is 0. The second-order valence-electron chi connectivity index (χ2n) is 6.76. The van der Waals surface area contributed by atoms with Crippen molar-refractivity contribution in [3.63, 3.8) is 0 Å². The van der Waals surface area contributed by atoms with Crippen LogP contribution in [0.4, 0.5) is 0 Å². The van der Waals surface area contributed by atoms with Crippen molar-refractivity contribution in [1.82, 2.24) is 0 Å². The number of hydrogen-bond acceptors (Lipinski definition) is 1. The first-order chi connectivity index (χ1) is 10.2. The molecule has 2 aromatic rings. The molecule has 1 heteroatoms. The molecule has 21 heavy (non-hydrogen) atoms. The maximum Gasteiger partial charge on any atom is 0.0991 e. The quantitative estimate of drug-likeness (QED) is 0.770. The SMILES string of the molecule is CCc1ccc2c(c1)CC1(Cc3ccc(C#N)cc3C1)C2. The van der Waals surface area contributed by atoms with E-state index in [1.807, 2.05) is 6.07 Å². The Morgan fingerprint density at radius 2 is 1.52 bits per heavy atom. The van der Waals surface area contributed by atoms with Gasteiger partial charge in [-0.2, -0.15) is 5.26 Å². The van der Waals surface area contributed by atoms with E-state index >= 15 is 0 Å². The molecule has 4 rings (SSSR count). The van der Waals surface area contributed by atoms with Gasteiger partial charge in [-0.3, -0.25) is 0 Å². The van der Waals surface area contributed by atoms with Crippen molar-refractivity contribution < 1.29 is 0 Å². The van der Waals surface area contributed by atoms with Gasteiger partial charge in [0.1, 0.15) is 0 Å². The summed E-state index contributed by atoms with van der Waals surface area (Å²) in [5, 5.41) is 9.08. The smallest absolute Gasteiger partial charge is 0.0991 e. The van der Waals surface area contributed by atoms with Gasteiger partial charge in [0.25, 0.3) is 0 Å². The molecule has 1 spiro atoms. The van der Waals surface area contributed by atoms with Crippen LogP contribution in [-0.4, -0.2) is 0 Å². The fourth-order valence-corrected chi connectivity index (χ4v) is 4.26. The van der Waals surface area contributed by atoms with Gasteiger partial charge in [0, 0.05) is 0 Å². The molecule has 2 aromatic carbocycles. The second kappa shape index (κ2) is 4.46. The van der Waals surface area contributed by atoms with Crippen LogP contribution >= 0.6 is 0 Å². The Morgan fingerprint density at radius 3 is 2.19 bits per heavy atom. The van der Waals surface area contributed by atoms with Gasteiger partial charge in [-0.05, 0) is 77.5 Å². The highest BCUT2D eigenvalue weighted by molar-refractivity contribution is 5.46. The lowest BCUT2D eigenvalue weighted by Gasteiger charge is -2.21. The predicted molar refractivity (Wildman–Crippen MR) is 84.2 cm³/mol. The molecule has 0 radical (unpaired) electrons. The van der Waals surface area contributed by atoms with Crippen LogP contribution in [-0.2, 0) is 32.1 Å². The molecule has 2 aliphatic rings. The third-order valence-corrected chi connectivity index (χ3v) is 5.28. The summed E-state index contributed by atoms with van der Waals surface area (Å²) >= 11 is 0. The van der Waals surface area contributed by atoms with Crippen LogP contribution in [0.3, 0.4) is 0 Å². The monoisotopic (exact) mass is 273 g/mol. The number of hydrogen-bond donors (Lipinski definition) is 0. The minimum Gasteiger partial charge on any atom is -0.192 e. The molecule has 1 unspecified atom stereocenters. The number of nitriles is 1. The molecule has 1 atom stereocenters. The van der Waals surface area contributed by atoms with Gasteiger partial charge in [-0.1, -0.05) is 31.2 Å². The summed E-state index contributed by atoms with van der Waals surface area (Å²) in [4.78, 5) is 0. The van der Waals surface area contributed by atoms with Crippen LogP contribution in [0, 0.1) is 16.7 Å². The fraction of sp³-hybridized carbons (Fsp3) is 0.350. The molecule has 0 fully saturated rings. The van der Waals surface area contributed by atoms with Gasteiger partial charge in [0.2, 0.25) is 0 Å². The standard InChI is InChI=1S/C20H19N/c1-2-14-3-5-16-9-20(11-18(16)7-14)10-17-6-4-15(13-21)8-19(17)12-20/h3-8H,2,9-12H2,1H3. The third-order valence-electron chi connectivity index (χ3n) is 5.28. The predicted octanol–water partition coefficient (Wildman–Crippen LogP) is 4.00. The van der Waals surface area contributed by atoms with E-state index in [2.05, 4.69) is 43.3 Å². The molecule has 0 saturated carbocycles. The van der Waals surface area contributed by atoms with E-state index in [1.165, 1.54) is 36.0 Å². The normalized spacial score (nSPS) is 22.1. The van der Waals surface area contributed by atoms with Crippen LogP contribution in [0.2, 0.25) is 0 Å². The van der Waals surface area contributed by atoms with Gasteiger partial charge < -0.3 is 0 Å². The first-order valence-corrected chi connectivity index (χ1v) is 7.84. The molecule has 0 aliphatic heterocycles. The highest BCUT2D eigenvalue weighted by Crippen LogP contribution is 2.47. The van der Waals surface area contributed by atoms with E-state index in [1.54, 1.807) is 11.1 Å². The maximum absolute atomic E-state index is 9.08. The Balaban J connectivity index is 1.66. The topological polar surface area (TPSA) is 23.8 Å². The Hall–Kier alpha value is -2.07. The summed E-state index contributed by atoms with van der Waals surface area (Å²) in [6.45, 7) is 2.22. The fourth-order valence-electron chi connectivity index (χ4n) is 4.26. The van der Waals surface area contributed by atoms with Gasteiger partial charge in [0.15, 0.2) is 0 Å². The van der Waals surface area contributed by atoms with Gasteiger partial charge in [0.05, 0.1) is 11.6 Å². The van der Waals surface area contributed by atoms with Crippen molar-refractivity contribution >= 4 is 0 Å². The number of aryl methyl sites for hydroxylation is 1. The first-order valence-electron chi connectivity index (χ1n) is 7.84. The molecule has 0 N–H and O–H groups in total. The van der Waals surface area contributed by atoms with Crippen molar-refractivity contribution in [1.29, 1.82) is 5.26 Å². The summed E-state index contributed by atoms with van der Waals surface area (Å²) in [5.74, 6) is 0. The maximum atomic E-state index is 9.08. The lowest BCUT2D eigenvalue weighted by atomic mass is 9.82. The second-order valence-corrected chi connectivity index (χ2v) is 6.76. The van der Waals surface area contributed by atoms with Crippen molar-refractivity contribution in [3.05, 3.63) is 69.8 Å². The minimum absolute atomic E-state index is 0.380. The van der Waals surface area contributed by atoms with E-state index in [0.717, 1.165) is 18.4 Å². The largest absolute Gasteiger partial charge is 0.192 e. The summed E-state index contributed by atoms with van der Waals surface area (Å²) in [6.07, 6.45) is 5.82. The molecule has 104 valence electrons. The summed E-state index contributed by atoms with van der Waals surface area (Å²) in [5.41, 5.74) is 8.59. The van der Waals surface area contributed by atoms with Gasteiger partial charge in [-0.15, -0.1) is 0 Å². The Bertz CT molecular complexity index is 766. The van der Waals surface area contributed by atoms with Gasteiger partial charge >= 0.3 is 0 Å². The zero-order valence-electron chi connectivity index (χ0n) is 12.4. The van der Waals surface area contributed by atoms with Gasteiger partial charge in [-0.25, -0.2) is 0 Å². The van der Waals surface area contributed by atoms with E-state index in [0.29, 0.717) is 5.41 Å². The average molecular weight is 273 g/mol. The lowest BCUT2D eigenvalue weighted by molar-refractivity contribution is 0.326. The first kappa shape index (κ1) is 12.7. The van der Waals surface area contributed by atoms with Crippen LogP contribution in [0.25, 0.3) is 0 Å². The zero-order valence-corrected chi connectivity index (χ0v) is 12.4. The van der Waals surface area contributed by atoms with Crippen LogP contribution in [0.1, 0.15) is 40.3 Å². The highest BCUT2D eigenvalue weighted by Gasteiger charge is 2.41. The van der Waals surface area contributed by atoms with Crippen LogP contribution in [0.5, 0.6) is 0 Å². The Labute approximate surface area is 126 Å². The number of fused-ring (bicyclic) bond motifs is 2. The van der Waals surface area contributed by atoms with Crippen molar-refractivity contribution in [3.8, 4) is 6.07 Å². The lowest BCUT2D eigenvalue weighted by Crippen LogP contribution is -2.21. The Kier molecular flexibility index (Phi) is 2.69. The molecule has 1 nitrogen and oxygen atoms in total. The number of benzene rings is 2. The molecule has 0 saturated heterocycles. The molecular formula is C20H19N. The van der Waals surface area contributed by atoms with Crippen LogP contribution < -0.4 is 0 Å². The molecular weight excluding hydrogens is 254 g/mol. The zero-order chi connectivity index (χ0) is 14.4. The molecule has 0 bridgehead atoms. The van der Waals surface area contributed by atoms with Crippen molar-refractivity contribution in [2.24, 2.45) is 5.41 Å². The number of nitrogens with zero attached hydrogens (tertiary/aromatic N) is 1. The molecule has 2 aliphatic carbocycles. The summed E-state index contributed by atoms with van der Waals surface area (Å²) < 4.78 is 0. The minimum atomic E-state index is 0.380. The van der Waals surface area contributed by atoms with E-state index in [9.17, 15) is 0 Å². The molecule has 0 aromatic heterocycles. The van der Waals surface area contributed by atoms with Crippen molar-refractivity contribution in [2.45, 2.75) is 39.0 Å². The van der Waals surface area contributed by atoms with E-state index < -0.39 is 0 Å². The highest BCUT2D eigenvalue weighted by atomic mass is 14.5. The summed E-state index contributed by atoms with van der Waals surface area (Å²) in [6, 6.07) is 15.5. The average Bonchev–Trinajstić information content (AvgIpc) is 3.03. The van der Waals surface area contributed by atoms with Crippen LogP contribution in [0.15, 0.2) is 36.4 Å². The molecule has 0 amide bonds.